The van der Waals surface area contributed by atoms with Crippen molar-refractivity contribution in [2.75, 3.05) is 11.5 Å². The molecule has 108 valence electrons. The SMILES string of the molecule is O=C(S[C@@H]1CS(=O)(=O)C[C@@H]1Cl)c1ccccc1[N+](=O)[O-]. The number of nitro groups is 1. The maximum absolute atomic E-state index is 12.1. The van der Waals surface area contributed by atoms with Gasteiger partial charge in [0.1, 0.15) is 5.56 Å². The van der Waals surface area contributed by atoms with Crippen LogP contribution in [0.15, 0.2) is 24.3 Å². The van der Waals surface area contributed by atoms with Gasteiger partial charge < -0.3 is 0 Å². The maximum Gasteiger partial charge on any atom is 0.281 e. The molecular weight excluding hydrogens is 326 g/mol. The number of carbonyl (C=O) groups is 1. The minimum atomic E-state index is -3.24. The normalized spacial score (nSPS) is 24.4. The van der Waals surface area contributed by atoms with Gasteiger partial charge in [-0.05, 0) is 6.07 Å². The second kappa shape index (κ2) is 5.71. The van der Waals surface area contributed by atoms with Crippen molar-refractivity contribution in [3.63, 3.8) is 0 Å². The van der Waals surface area contributed by atoms with Crippen LogP contribution in [0.2, 0.25) is 0 Å². The Morgan fingerprint density at radius 2 is 2.00 bits per heavy atom. The number of thioether (sulfide) groups is 1. The molecule has 0 aliphatic carbocycles. The summed E-state index contributed by atoms with van der Waals surface area (Å²) in [6.07, 6.45) is 0. The lowest BCUT2D eigenvalue weighted by Gasteiger charge is -2.10. The van der Waals surface area contributed by atoms with Gasteiger partial charge in [0.25, 0.3) is 5.69 Å². The van der Waals surface area contributed by atoms with Crippen molar-refractivity contribution < 1.29 is 18.1 Å². The Balaban J connectivity index is 2.20. The molecular formula is C11H10ClNO5S2. The molecule has 0 unspecified atom stereocenters. The van der Waals surface area contributed by atoms with E-state index in [-0.39, 0.29) is 22.8 Å². The Kier molecular flexibility index (Phi) is 4.36. The summed E-state index contributed by atoms with van der Waals surface area (Å²) in [6.45, 7) is 0. The molecule has 0 amide bonds. The van der Waals surface area contributed by atoms with Crippen LogP contribution in [0, 0.1) is 10.1 Å². The van der Waals surface area contributed by atoms with Crippen molar-refractivity contribution in [3.05, 3.63) is 39.9 Å². The number of benzene rings is 1. The van der Waals surface area contributed by atoms with Gasteiger partial charge in [-0.2, -0.15) is 0 Å². The van der Waals surface area contributed by atoms with E-state index in [2.05, 4.69) is 0 Å². The molecule has 2 atom stereocenters. The van der Waals surface area contributed by atoms with E-state index in [9.17, 15) is 23.3 Å². The number of para-hydroxylation sites is 1. The van der Waals surface area contributed by atoms with E-state index >= 15 is 0 Å². The van der Waals surface area contributed by atoms with Crippen molar-refractivity contribution in [1.29, 1.82) is 0 Å². The number of alkyl halides is 1. The molecule has 1 aliphatic heterocycles. The summed E-state index contributed by atoms with van der Waals surface area (Å²) < 4.78 is 22.9. The van der Waals surface area contributed by atoms with Gasteiger partial charge in [0.15, 0.2) is 9.84 Å². The van der Waals surface area contributed by atoms with E-state index in [4.69, 9.17) is 11.6 Å². The molecule has 1 aromatic rings. The Bertz CT molecular complexity index is 661. The summed E-state index contributed by atoms with van der Waals surface area (Å²) in [6, 6.07) is 5.56. The van der Waals surface area contributed by atoms with Gasteiger partial charge in [-0.25, -0.2) is 8.42 Å². The summed E-state index contributed by atoms with van der Waals surface area (Å²) in [7, 11) is -3.24. The summed E-state index contributed by atoms with van der Waals surface area (Å²) in [5.74, 6) is -0.353. The van der Waals surface area contributed by atoms with Crippen LogP contribution in [0.25, 0.3) is 0 Å². The molecule has 0 spiro atoms. The van der Waals surface area contributed by atoms with Crippen LogP contribution in [-0.2, 0) is 9.84 Å². The molecule has 20 heavy (non-hydrogen) atoms. The predicted octanol–water partition coefficient (Wildman–Crippen LogP) is 1.87. The molecule has 1 heterocycles. The quantitative estimate of drug-likeness (QED) is 0.475. The minimum absolute atomic E-state index is 0.0457. The molecule has 1 aromatic carbocycles. The highest BCUT2D eigenvalue weighted by Gasteiger charge is 2.39. The lowest BCUT2D eigenvalue weighted by Crippen LogP contribution is -2.17. The topological polar surface area (TPSA) is 94.3 Å². The van der Waals surface area contributed by atoms with E-state index in [0.717, 1.165) is 11.8 Å². The number of hydrogen-bond donors (Lipinski definition) is 0. The first kappa shape index (κ1) is 15.3. The number of sulfone groups is 1. The van der Waals surface area contributed by atoms with Crippen LogP contribution < -0.4 is 0 Å². The molecule has 1 fully saturated rings. The number of nitro benzene ring substituents is 1. The van der Waals surface area contributed by atoms with Crippen LogP contribution in [0.4, 0.5) is 5.69 Å². The van der Waals surface area contributed by atoms with Crippen molar-refractivity contribution in [2.24, 2.45) is 0 Å². The Hall–Kier alpha value is -1.12. The van der Waals surface area contributed by atoms with Gasteiger partial charge in [0.05, 0.1) is 21.8 Å². The Morgan fingerprint density at radius 1 is 1.35 bits per heavy atom. The molecule has 0 radical (unpaired) electrons. The minimum Gasteiger partial charge on any atom is -0.281 e. The molecule has 2 rings (SSSR count). The number of nitrogens with zero attached hydrogens (tertiary/aromatic N) is 1. The number of halogens is 1. The fourth-order valence-corrected chi connectivity index (χ4v) is 6.23. The molecule has 0 saturated carbocycles. The van der Waals surface area contributed by atoms with Gasteiger partial charge in [-0.1, -0.05) is 23.9 Å². The summed E-state index contributed by atoms with van der Waals surface area (Å²) in [4.78, 5) is 22.3. The predicted molar refractivity (Wildman–Crippen MR) is 77.1 cm³/mol. The number of rotatable bonds is 3. The zero-order chi connectivity index (χ0) is 14.9. The zero-order valence-corrected chi connectivity index (χ0v) is 12.5. The fraction of sp³-hybridized carbons (Fsp3) is 0.364. The van der Waals surface area contributed by atoms with Crippen LogP contribution >= 0.6 is 23.4 Å². The van der Waals surface area contributed by atoms with Gasteiger partial charge in [0.2, 0.25) is 5.12 Å². The standard InChI is InChI=1S/C11H10ClNO5S2/c12-8-5-20(17,18)6-10(8)19-11(14)7-3-1-2-4-9(7)13(15)16/h1-4,8,10H,5-6H2/t8-,10+/m0/s1. The smallest absolute Gasteiger partial charge is 0.281 e. The highest BCUT2D eigenvalue weighted by molar-refractivity contribution is 8.15. The first-order valence-corrected chi connectivity index (χ1v) is 8.73. The molecule has 0 bridgehead atoms. The maximum atomic E-state index is 12.1. The molecule has 9 heteroatoms. The number of carbonyl (C=O) groups excluding carboxylic acids is 1. The Labute approximate surface area is 124 Å². The van der Waals surface area contributed by atoms with E-state index in [1.54, 1.807) is 0 Å². The second-order valence-electron chi connectivity index (χ2n) is 4.31. The van der Waals surface area contributed by atoms with Crippen LogP contribution in [0.1, 0.15) is 10.4 Å². The molecule has 0 N–H and O–H groups in total. The fourth-order valence-electron chi connectivity index (χ4n) is 1.89. The third-order valence-corrected chi connectivity index (χ3v) is 6.78. The highest BCUT2D eigenvalue weighted by Crippen LogP contribution is 2.32. The molecule has 0 aromatic heterocycles. The number of hydrogen-bond acceptors (Lipinski definition) is 6. The lowest BCUT2D eigenvalue weighted by molar-refractivity contribution is -0.385. The first-order chi connectivity index (χ1) is 9.30. The third kappa shape index (κ3) is 3.31. The summed E-state index contributed by atoms with van der Waals surface area (Å²) >= 11 is 6.66. The van der Waals surface area contributed by atoms with Crippen LogP contribution in [0.3, 0.4) is 0 Å². The highest BCUT2D eigenvalue weighted by atomic mass is 35.5. The summed E-state index contributed by atoms with van der Waals surface area (Å²) in [5, 5.41) is 9.09. The lowest BCUT2D eigenvalue weighted by atomic mass is 10.2. The van der Waals surface area contributed by atoms with E-state index in [1.165, 1.54) is 24.3 Å². The van der Waals surface area contributed by atoms with Crippen LogP contribution in [-0.4, -0.2) is 40.6 Å². The van der Waals surface area contributed by atoms with Crippen molar-refractivity contribution in [1.82, 2.24) is 0 Å². The van der Waals surface area contributed by atoms with Crippen molar-refractivity contribution in [3.8, 4) is 0 Å². The van der Waals surface area contributed by atoms with Crippen LogP contribution in [0.5, 0.6) is 0 Å². The largest absolute Gasteiger partial charge is 0.281 e. The molecule has 6 nitrogen and oxygen atoms in total. The van der Waals surface area contributed by atoms with E-state index in [1.807, 2.05) is 0 Å². The van der Waals surface area contributed by atoms with Crippen molar-refractivity contribution in [2.45, 2.75) is 10.6 Å². The average molecular weight is 336 g/mol. The third-order valence-electron chi connectivity index (χ3n) is 2.81. The van der Waals surface area contributed by atoms with E-state index in [0.29, 0.717) is 0 Å². The Morgan fingerprint density at radius 3 is 2.55 bits per heavy atom. The van der Waals surface area contributed by atoms with Gasteiger partial charge in [-0.3, -0.25) is 14.9 Å². The summed E-state index contributed by atoms with van der Waals surface area (Å²) in [5.41, 5.74) is -0.340. The van der Waals surface area contributed by atoms with Crippen molar-refractivity contribution >= 4 is 44.0 Å². The van der Waals surface area contributed by atoms with Gasteiger partial charge in [-0.15, -0.1) is 11.6 Å². The monoisotopic (exact) mass is 335 g/mol. The first-order valence-electron chi connectivity index (χ1n) is 5.59. The molecule has 1 saturated heterocycles. The zero-order valence-electron chi connectivity index (χ0n) is 10.1. The molecule has 1 aliphatic rings. The average Bonchev–Trinajstić information content (AvgIpc) is 2.62. The van der Waals surface area contributed by atoms with Gasteiger partial charge >= 0.3 is 0 Å². The van der Waals surface area contributed by atoms with Gasteiger partial charge in [0, 0.05) is 11.3 Å². The van der Waals surface area contributed by atoms with E-state index < -0.39 is 30.5 Å². The second-order valence-corrected chi connectivity index (χ2v) is 8.24.